The zero-order valence-corrected chi connectivity index (χ0v) is 6.76. The van der Waals surface area contributed by atoms with E-state index in [1.54, 1.807) is 0 Å². The Balaban J connectivity index is -0.000000143. The summed E-state index contributed by atoms with van der Waals surface area (Å²) in [6.45, 7) is 2.39. The first kappa shape index (κ1) is 18.8. The van der Waals surface area contributed by atoms with E-state index >= 15 is 0 Å². The van der Waals surface area contributed by atoms with E-state index in [9.17, 15) is 9.59 Å². The average Bonchev–Trinajstić information content (AvgIpc) is 1.88. The third kappa shape index (κ3) is 18.8. The first-order chi connectivity index (χ1) is 5.29. The van der Waals surface area contributed by atoms with Crippen LogP contribution in [0.5, 0.6) is 0 Å². The normalized spacial score (nSPS) is 12.6. The number of aliphatic carboxylic acids is 2. The topological polar surface area (TPSA) is 115 Å². The van der Waals surface area contributed by atoms with Crippen LogP contribution in [0.25, 0.3) is 0 Å². The molecule has 0 bridgehead atoms. The van der Waals surface area contributed by atoms with E-state index in [4.69, 9.17) is 20.4 Å². The van der Waals surface area contributed by atoms with Crippen molar-refractivity contribution in [3.8, 4) is 0 Å². The van der Waals surface area contributed by atoms with Crippen LogP contribution in [0.3, 0.4) is 0 Å². The molecule has 0 aliphatic rings. The summed E-state index contributed by atoms with van der Waals surface area (Å²) in [5, 5.41) is 31.5. The van der Waals surface area contributed by atoms with Crippen molar-refractivity contribution in [2.75, 3.05) is 0 Å². The Labute approximate surface area is 105 Å². The number of carboxylic acids is 2. The van der Waals surface area contributed by atoms with Gasteiger partial charge in [-0.1, -0.05) is 0 Å². The Kier molecular flexibility index (Phi) is 14.8. The molecular formula is C6H14CaO6. The van der Waals surface area contributed by atoms with E-state index in [1.807, 2.05) is 0 Å². The predicted octanol–water partition coefficient (Wildman–Crippen LogP) is -2.01. The second-order valence-corrected chi connectivity index (χ2v) is 2.03. The third-order valence-corrected chi connectivity index (χ3v) is 0.715. The van der Waals surface area contributed by atoms with Crippen LogP contribution < -0.4 is 0 Å². The summed E-state index contributed by atoms with van der Waals surface area (Å²) in [5.74, 6) is -2.37. The number of carboxylic acid groups (broad SMARTS) is 2. The molecule has 76 valence electrons. The van der Waals surface area contributed by atoms with E-state index in [0.717, 1.165) is 0 Å². The first-order valence-corrected chi connectivity index (χ1v) is 3.10. The second kappa shape index (κ2) is 10.2. The van der Waals surface area contributed by atoms with Crippen LogP contribution in [0.2, 0.25) is 0 Å². The molecule has 0 rings (SSSR count). The molecule has 2 atom stereocenters. The standard InChI is InChI=1S/2C3H6O3.Ca.2H/c2*1-2(4)3(5)6;;;/h2*2,4H,1H3,(H,5,6);;;. The van der Waals surface area contributed by atoms with Crippen molar-refractivity contribution in [3.05, 3.63) is 0 Å². The number of hydrogen-bond acceptors (Lipinski definition) is 4. The molecule has 0 aliphatic heterocycles. The molecule has 0 saturated carbocycles. The molecular weight excluding hydrogens is 208 g/mol. The van der Waals surface area contributed by atoms with Crippen molar-refractivity contribution < 1.29 is 30.0 Å². The molecule has 13 heavy (non-hydrogen) atoms. The van der Waals surface area contributed by atoms with Gasteiger partial charge in [0.15, 0.2) is 0 Å². The van der Waals surface area contributed by atoms with E-state index in [1.165, 1.54) is 13.8 Å². The number of aliphatic hydroxyl groups is 2. The number of rotatable bonds is 2. The molecule has 0 fully saturated rings. The molecule has 0 spiro atoms. The van der Waals surface area contributed by atoms with Gasteiger partial charge in [-0.3, -0.25) is 0 Å². The quantitative estimate of drug-likeness (QED) is 0.401. The maximum atomic E-state index is 9.45. The van der Waals surface area contributed by atoms with Crippen LogP contribution in [0.4, 0.5) is 0 Å². The second-order valence-electron chi connectivity index (χ2n) is 2.03. The van der Waals surface area contributed by atoms with Gasteiger partial charge in [-0.15, -0.1) is 0 Å². The molecule has 0 saturated heterocycles. The van der Waals surface area contributed by atoms with Crippen molar-refractivity contribution in [1.29, 1.82) is 0 Å². The summed E-state index contributed by atoms with van der Waals surface area (Å²) in [6, 6.07) is 0. The van der Waals surface area contributed by atoms with Gasteiger partial charge in [-0.05, 0) is 13.8 Å². The van der Waals surface area contributed by atoms with Gasteiger partial charge in [-0.25, -0.2) is 9.59 Å². The van der Waals surface area contributed by atoms with Crippen molar-refractivity contribution in [1.82, 2.24) is 0 Å². The van der Waals surface area contributed by atoms with Crippen LogP contribution in [0, 0.1) is 0 Å². The molecule has 0 aromatic carbocycles. The average molecular weight is 222 g/mol. The Morgan fingerprint density at radius 1 is 0.923 bits per heavy atom. The van der Waals surface area contributed by atoms with Crippen LogP contribution in [-0.2, 0) is 9.59 Å². The predicted molar refractivity (Wildman–Crippen MR) is 47.2 cm³/mol. The van der Waals surface area contributed by atoms with Crippen molar-refractivity contribution in [2.24, 2.45) is 0 Å². The summed E-state index contributed by atoms with van der Waals surface area (Å²) < 4.78 is 0. The summed E-state index contributed by atoms with van der Waals surface area (Å²) in [6.07, 6.45) is -2.46. The molecule has 4 N–H and O–H groups in total. The molecule has 0 heterocycles. The van der Waals surface area contributed by atoms with Crippen LogP contribution >= 0.6 is 0 Å². The number of aliphatic hydroxyl groups excluding tert-OH is 2. The monoisotopic (exact) mass is 222 g/mol. The Hall–Kier alpha value is 0.120. The number of hydrogen-bond donors (Lipinski definition) is 4. The van der Waals surface area contributed by atoms with E-state index in [0.29, 0.717) is 0 Å². The van der Waals surface area contributed by atoms with Crippen LogP contribution in [0.15, 0.2) is 0 Å². The molecule has 6 nitrogen and oxygen atoms in total. The minimum absolute atomic E-state index is 0. The molecule has 7 heteroatoms. The van der Waals surface area contributed by atoms with Gasteiger partial charge in [0.1, 0.15) is 12.2 Å². The minimum atomic E-state index is -1.23. The van der Waals surface area contributed by atoms with Crippen LogP contribution in [0.1, 0.15) is 13.8 Å². The van der Waals surface area contributed by atoms with Gasteiger partial charge in [0, 0.05) is 0 Å². The summed E-state index contributed by atoms with van der Waals surface area (Å²) >= 11 is 0. The molecule has 0 aromatic heterocycles. The van der Waals surface area contributed by atoms with Gasteiger partial charge in [-0.2, -0.15) is 0 Å². The fourth-order valence-corrected chi connectivity index (χ4v) is 0. The Morgan fingerprint density at radius 2 is 1.00 bits per heavy atom. The summed E-state index contributed by atoms with van der Waals surface area (Å²) in [4.78, 5) is 18.9. The number of carbonyl (C=O) groups is 2. The fraction of sp³-hybridized carbons (Fsp3) is 0.667. The van der Waals surface area contributed by atoms with E-state index < -0.39 is 24.1 Å². The van der Waals surface area contributed by atoms with E-state index in [-0.39, 0.29) is 37.7 Å². The van der Waals surface area contributed by atoms with Gasteiger partial charge in [0.25, 0.3) is 0 Å². The van der Waals surface area contributed by atoms with Gasteiger partial charge in [0.05, 0.1) is 0 Å². The summed E-state index contributed by atoms with van der Waals surface area (Å²) in [7, 11) is 0. The van der Waals surface area contributed by atoms with E-state index in [2.05, 4.69) is 0 Å². The van der Waals surface area contributed by atoms with Crippen LogP contribution in [-0.4, -0.2) is 82.3 Å². The third-order valence-electron chi connectivity index (χ3n) is 0.715. The van der Waals surface area contributed by atoms with Crippen molar-refractivity contribution in [3.63, 3.8) is 0 Å². The maximum absolute atomic E-state index is 9.45. The van der Waals surface area contributed by atoms with Gasteiger partial charge < -0.3 is 20.4 Å². The zero-order chi connectivity index (χ0) is 10.3. The molecule has 0 aromatic rings. The summed E-state index contributed by atoms with van der Waals surface area (Å²) in [5.41, 5.74) is 0. The SMILES string of the molecule is CC(O)C(=O)O.CC(O)C(=O)O.[CaH2]. The Morgan fingerprint density at radius 3 is 1.00 bits per heavy atom. The molecule has 0 radical (unpaired) electrons. The van der Waals surface area contributed by atoms with Gasteiger partial charge in [0.2, 0.25) is 0 Å². The molecule has 0 amide bonds. The van der Waals surface area contributed by atoms with Crippen molar-refractivity contribution in [2.45, 2.75) is 26.1 Å². The van der Waals surface area contributed by atoms with Crippen molar-refractivity contribution >= 4 is 49.7 Å². The van der Waals surface area contributed by atoms with Gasteiger partial charge >= 0.3 is 49.7 Å². The fourth-order valence-electron chi connectivity index (χ4n) is 0. The zero-order valence-electron chi connectivity index (χ0n) is 6.76. The Bertz CT molecular complexity index is 137. The molecule has 2 unspecified atom stereocenters. The first-order valence-electron chi connectivity index (χ1n) is 3.10. The molecule has 0 aliphatic carbocycles.